The molecule has 4 N–H and O–H groups in total. The molecule has 4 atom stereocenters. The molecule has 1 unspecified atom stereocenters. The molecule has 2 aliphatic rings. The standard InChI is InChI=1S/C46H51F3N8O5S/c1-26(29-10-12-30(13-11-29)39-28(3)52-25-63-39)53-43(60)38-21-35(58)24-57(38)44(61)40(45(4,5)6)55-41-37(56-14-16-62-17-15-56)19-32(22-51-41)36-20-34(23-50-27(36)2)54-42(59)31-8-7-9-33(18-31)46(47,48)49/h7-13,18-20,22-23,25-26,35,38,40,58H,14-17,21,24H2,1-6H3,(H,51,55)(H,53,60)(H,54,59)/t26-,35+,38?,40+/m0/s1. The molecule has 13 nitrogen and oxygen atoms in total. The summed E-state index contributed by atoms with van der Waals surface area (Å²) in [6, 6.07) is 13.6. The van der Waals surface area contributed by atoms with E-state index in [4.69, 9.17) is 9.72 Å². The number of carbonyl (C=O) groups is 3. The number of aromatic nitrogens is 3. The van der Waals surface area contributed by atoms with Crippen LogP contribution in [0.15, 0.2) is 78.6 Å². The number of alkyl halides is 3. The highest BCUT2D eigenvalue weighted by molar-refractivity contribution is 7.13. The quantitative estimate of drug-likeness (QED) is 0.104. The van der Waals surface area contributed by atoms with Gasteiger partial charge >= 0.3 is 6.18 Å². The van der Waals surface area contributed by atoms with E-state index in [-0.39, 0.29) is 42.1 Å². The topological polar surface area (TPSA) is 162 Å². The number of hydrogen-bond acceptors (Lipinski definition) is 11. The van der Waals surface area contributed by atoms with Crippen molar-refractivity contribution >= 4 is 46.3 Å². The van der Waals surface area contributed by atoms with Crippen molar-refractivity contribution in [2.75, 3.05) is 48.4 Å². The fraction of sp³-hybridized carbons (Fsp3) is 0.391. The van der Waals surface area contributed by atoms with E-state index in [1.165, 1.54) is 23.2 Å². The Morgan fingerprint density at radius 3 is 2.32 bits per heavy atom. The Morgan fingerprint density at radius 2 is 1.65 bits per heavy atom. The summed E-state index contributed by atoms with van der Waals surface area (Å²) in [4.78, 5) is 60.0. The summed E-state index contributed by atoms with van der Waals surface area (Å²) in [5.74, 6) is -1.04. The molecule has 2 fully saturated rings. The van der Waals surface area contributed by atoms with E-state index in [0.717, 1.165) is 33.8 Å². The largest absolute Gasteiger partial charge is 0.416 e. The van der Waals surface area contributed by atoms with Crippen molar-refractivity contribution in [3.63, 3.8) is 0 Å². The zero-order valence-corrected chi connectivity index (χ0v) is 36.7. The molecular formula is C46H51F3N8O5S. The third kappa shape index (κ3) is 10.3. The first-order valence-corrected chi connectivity index (χ1v) is 21.6. The fourth-order valence-electron chi connectivity index (χ4n) is 7.84. The van der Waals surface area contributed by atoms with Crippen LogP contribution in [0.2, 0.25) is 0 Å². The van der Waals surface area contributed by atoms with E-state index >= 15 is 0 Å². The number of β-amino-alcohol motifs (C(OH)–C–C–N with tert-alkyl or cyclic N) is 1. The van der Waals surface area contributed by atoms with Gasteiger partial charge in [-0.1, -0.05) is 51.1 Å². The van der Waals surface area contributed by atoms with Gasteiger partial charge in [-0.3, -0.25) is 19.4 Å². The van der Waals surface area contributed by atoms with Gasteiger partial charge in [-0.15, -0.1) is 11.3 Å². The lowest BCUT2D eigenvalue weighted by molar-refractivity contribution is -0.141. The lowest BCUT2D eigenvalue weighted by Gasteiger charge is -2.37. The zero-order valence-electron chi connectivity index (χ0n) is 35.9. The van der Waals surface area contributed by atoms with Crippen LogP contribution in [0.1, 0.15) is 73.0 Å². The summed E-state index contributed by atoms with van der Waals surface area (Å²) in [6.45, 7) is 13.4. The SMILES string of the molecule is Cc1ncc(NC(=O)c2cccc(C(F)(F)F)c2)cc1-c1cnc(N[C@H](C(=O)N2C[C@H](O)CC2C(=O)N[C@@H](C)c2ccc(-c3scnc3C)cc2)C(C)(C)C)c(N2CCOCC2)c1. The van der Waals surface area contributed by atoms with Crippen LogP contribution in [0.25, 0.3) is 21.6 Å². The highest BCUT2D eigenvalue weighted by atomic mass is 32.1. The second-order valence-electron chi connectivity index (χ2n) is 17.0. The molecule has 7 rings (SSSR count). The Kier molecular flexibility index (Phi) is 13.2. The van der Waals surface area contributed by atoms with Gasteiger partial charge in [0.05, 0.1) is 64.6 Å². The monoisotopic (exact) mass is 884 g/mol. The molecule has 0 spiro atoms. The number of hydrogen-bond donors (Lipinski definition) is 4. The van der Waals surface area contributed by atoms with Gasteiger partial charge in [0.25, 0.3) is 5.91 Å². The van der Waals surface area contributed by atoms with Crippen molar-refractivity contribution in [2.24, 2.45) is 5.41 Å². The van der Waals surface area contributed by atoms with Gasteiger partial charge in [0.1, 0.15) is 17.9 Å². The van der Waals surface area contributed by atoms with Crippen LogP contribution in [0.3, 0.4) is 0 Å². The lowest BCUT2D eigenvalue weighted by Crippen LogP contribution is -2.54. The molecule has 2 aliphatic heterocycles. The number of thiazole rings is 1. The number of nitrogens with one attached hydrogen (secondary N) is 3. The number of halogens is 3. The van der Waals surface area contributed by atoms with Crippen molar-refractivity contribution in [3.05, 3.63) is 107 Å². The summed E-state index contributed by atoms with van der Waals surface area (Å²) < 4.78 is 45.7. The van der Waals surface area contributed by atoms with Crippen LogP contribution >= 0.6 is 11.3 Å². The molecule has 2 aromatic carbocycles. The number of nitrogens with zero attached hydrogens (tertiary/aromatic N) is 5. The van der Waals surface area contributed by atoms with Crippen molar-refractivity contribution in [2.45, 2.75) is 78.4 Å². The first-order chi connectivity index (χ1) is 29.9. The molecule has 332 valence electrons. The average Bonchev–Trinajstić information content (AvgIpc) is 3.88. The van der Waals surface area contributed by atoms with Gasteiger partial charge in [-0.25, -0.2) is 9.97 Å². The second-order valence-corrected chi connectivity index (χ2v) is 17.9. The number of ether oxygens (including phenoxy) is 1. The minimum Gasteiger partial charge on any atom is -0.391 e. The molecule has 17 heteroatoms. The smallest absolute Gasteiger partial charge is 0.391 e. The number of aryl methyl sites for hydroxylation is 2. The van der Waals surface area contributed by atoms with E-state index in [2.05, 4.69) is 30.8 Å². The summed E-state index contributed by atoms with van der Waals surface area (Å²) >= 11 is 1.57. The third-order valence-electron chi connectivity index (χ3n) is 11.4. The van der Waals surface area contributed by atoms with Crippen LogP contribution in [0, 0.1) is 19.3 Å². The Hall–Kier alpha value is -5.91. The molecule has 0 aliphatic carbocycles. The maximum Gasteiger partial charge on any atom is 0.416 e. The van der Waals surface area contributed by atoms with E-state index < -0.39 is 41.2 Å². The number of aliphatic hydroxyl groups excluding tert-OH is 1. The molecule has 0 bridgehead atoms. The maximum atomic E-state index is 14.7. The van der Waals surface area contributed by atoms with Crippen molar-refractivity contribution in [1.29, 1.82) is 0 Å². The molecule has 0 saturated carbocycles. The van der Waals surface area contributed by atoms with Crippen LogP contribution in [-0.2, 0) is 20.5 Å². The Balaban J connectivity index is 1.12. The van der Waals surface area contributed by atoms with Crippen LogP contribution in [-0.4, -0.2) is 93.7 Å². The van der Waals surface area contributed by atoms with Gasteiger partial charge in [0.2, 0.25) is 11.8 Å². The van der Waals surface area contributed by atoms with E-state index in [1.54, 1.807) is 30.5 Å². The number of morpholine rings is 1. The van der Waals surface area contributed by atoms with Gasteiger partial charge in [0.15, 0.2) is 0 Å². The Labute approximate surface area is 368 Å². The number of benzene rings is 2. The summed E-state index contributed by atoms with van der Waals surface area (Å²) in [5.41, 5.74) is 5.73. The van der Waals surface area contributed by atoms with Crippen LogP contribution < -0.4 is 20.9 Å². The Morgan fingerprint density at radius 1 is 0.921 bits per heavy atom. The molecule has 63 heavy (non-hydrogen) atoms. The summed E-state index contributed by atoms with van der Waals surface area (Å²) in [6.07, 6.45) is -2.36. The maximum absolute atomic E-state index is 14.7. The van der Waals surface area contributed by atoms with E-state index in [9.17, 15) is 32.7 Å². The Bertz CT molecular complexity index is 2470. The number of rotatable bonds is 11. The van der Waals surface area contributed by atoms with E-state index in [0.29, 0.717) is 54.6 Å². The number of anilines is 3. The van der Waals surface area contributed by atoms with Crippen LogP contribution in [0.5, 0.6) is 0 Å². The highest BCUT2D eigenvalue weighted by Crippen LogP contribution is 2.37. The van der Waals surface area contributed by atoms with Gasteiger partial charge in [-0.2, -0.15) is 13.2 Å². The number of carbonyl (C=O) groups excluding carboxylic acids is 3. The third-order valence-corrected chi connectivity index (χ3v) is 12.3. The normalized spacial score (nSPS) is 17.9. The minimum absolute atomic E-state index is 0.0158. The van der Waals surface area contributed by atoms with E-state index in [1.807, 2.05) is 70.5 Å². The predicted octanol–water partition coefficient (Wildman–Crippen LogP) is 7.66. The fourth-order valence-corrected chi connectivity index (χ4v) is 8.65. The lowest BCUT2D eigenvalue weighted by atomic mass is 9.85. The molecule has 5 heterocycles. The first-order valence-electron chi connectivity index (χ1n) is 20.7. The number of amides is 3. The average molecular weight is 885 g/mol. The molecule has 2 saturated heterocycles. The first kappa shape index (κ1) is 45.1. The summed E-state index contributed by atoms with van der Waals surface area (Å²) in [7, 11) is 0. The van der Waals surface area contributed by atoms with Crippen molar-refractivity contribution < 1.29 is 37.4 Å². The number of likely N-dealkylation sites (tertiary alicyclic amines) is 1. The number of aliphatic hydroxyl groups is 1. The van der Waals surface area contributed by atoms with Crippen LogP contribution in [0.4, 0.5) is 30.4 Å². The minimum atomic E-state index is -4.60. The predicted molar refractivity (Wildman–Crippen MR) is 236 cm³/mol. The second kappa shape index (κ2) is 18.4. The zero-order chi connectivity index (χ0) is 45.2. The van der Waals surface area contributed by atoms with Crippen molar-refractivity contribution in [1.82, 2.24) is 25.2 Å². The number of pyridine rings is 2. The van der Waals surface area contributed by atoms with Gasteiger partial charge in [-0.05, 0) is 67.6 Å². The molecule has 3 aromatic heterocycles. The molecule has 3 amide bonds. The molecule has 0 radical (unpaired) electrons. The van der Waals surface area contributed by atoms with Crippen molar-refractivity contribution in [3.8, 4) is 21.6 Å². The van der Waals surface area contributed by atoms with Gasteiger partial charge in [0, 0.05) is 54.6 Å². The summed E-state index contributed by atoms with van der Waals surface area (Å²) in [5, 5.41) is 20.1. The molecular weight excluding hydrogens is 834 g/mol. The highest BCUT2D eigenvalue weighted by Gasteiger charge is 2.45. The van der Waals surface area contributed by atoms with Gasteiger partial charge < -0.3 is 35.6 Å². The molecule has 5 aromatic rings.